The predicted molar refractivity (Wildman–Crippen MR) is 68.2 cm³/mol. The second kappa shape index (κ2) is 7.27. The van der Waals surface area contributed by atoms with Crippen molar-refractivity contribution in [2.24, 2.45) is 0 Å². The molecule has 1 heterocycles. The summed E-state index contributed by atoms with van der Waals surface area (Å²) >= 11 is 0. The molecule has 0 saturated carbocycles. The number of nitrogens with zero attached hydrogens (tertiary/aromatic N) is 2. The van der Waals surface area contributed by atoms with Crippen LogP contribution in [0, 0.1) is 0 Å². The van der Waals surface area contributed by atoms with Crippen molar-refractivity contribution in [2.75, 3.05) is 14.2 Å². The zero-order valence-corrected chi connectivity index (χ0v) is 11.3. The highest BCUT2D eigenvalue weighted by atomic mass is 16.5. The molecule has 0 amide bonds. The van der Waals surface area contributed by atoms with Crippen LogP contribution >= 0.6 is 0 Å². The zero-order chi connectivity index (χ0) is 15.1. The molecule has 1 aromatic heterocycles. The molecule has 0 radical (unpaired) electrons. The molecule has 8 heteroatoms. The number of aromatic nitrogens is 2. The van der Waals surface area contributed by atoms with Crippen LogP contribution in [-0.2, 0) is 32.2 Å². The molecule has 0 N–H and O–H groups in total. The highest BCUT2D eigenvalue weighted by Gasteiger charge is 2.09. The van der Waals surface area contributed by atoms with E-state index in [1.165, 1.54) is 31.0 Å². The fourth-order valence-electron chi connectivity index (χ4n) is 1.55. The maximum Gasteiger partial charge on any atom is 0.330 e. The molecule has 8 nitrogen and oxygen atoms in total. The molecule has 0 aliphatic carbocycles. The maximum atomic E-state index is 12.0. The lowest BCUT2D eigenvalue weighted by atomic mass is 10.4. The minimum atomic E-state index is -0.578. The van der Waals surface area contributed by atoms with E-state index in [9.17, 15) is 19.2 Å². The molecule has 0 spiro atoms. The Kier molecular flexibility index (Phi) is 5.70. The van der Waals surface area contributed by atoms with E-state index >= 15 is 0 Å². The molecule has 0 fully saturated rings. The van der Waals surface area contributed by atoms with E-state index < -0.39 is 23.2 Å². The van der Waals surface area contributed by atoms with Crippen LogP contribution in [0.5, 0.6) is 0 Å². The van der Waals surface area contributed by atoms with Crippen LogP contribution in [0.4, 0.5) is 0 Å². The number of methoxy groups -OCH3 is 2. The van der Waals surface area contributed by atoms with Gasteiger partial charge in [-0.3, -0.25) is 23.5 Å². The van der Waals surface area contributed by atoms with Gasteiger partial charge in [-0.25, -0.2) is 4.79 Å². The first kappa shape index (κ1) is 15.7. The van der Waals surface area contributed by atoms with Crippen molar-refractivity contribution in [3.63, 3.8) is 0 Å². The molecule has 110 valence electrons. The molecule has 20 heavy (non-hydrogen) atoms. The Morgan fingerprint density at radius 2 is 1.60 bits per heavy atom. The molecule has 0 aliphatic heterocycles. The molecule has 0 unspecified atom stereocenters. The molecule has 0 aliphatic rings. The molecular weight excluding hydrogens is 268 g/mol. The van der Waals surface area contributed by atoms with Gasteiger partial charge in [-0.1, -0.05) is 0 Å². The second-order valence-electron chi connectivity index (χ2n) is 3.93. The first-order chi connectivity index (χ1) is 9.49. The van der Waals surface area contributed by atoms with Crippen LogP contribution in [0.25, 0.3) is 0 Å². The summed E-state index contributed by atoms with van der Waals surface area (Å²) in [4.78, 5) is 45.7. The van der Waals surface area contributed by atoms with Crippen molar-refractivity contribution in [3.8, 4) is 0 Å². The fraction of sp³-hybridized carbons (Fsp3) is 0.500. The van der Waals surface area contributed by atoms with Gasteiger partial charge in [0.2, 0.25) is 0 Å². The standard InChI is InChI=1S/C12H16N2O6/c1-19-10(16)4-7-13-6-3-9(15)14(12(13)18)8-5-11(17)20-2/h3,6H,4-5,7-8H2,1-2H3. The molecule has 1 rings (SSSR count). The number of ether oxygens (including phenoxy) is 2. The van der Waals surface area contributed by atoms with Gasteiger partial charge in [-0.2, -0.15) is 0 Å². The van der Waals surface area contributed by atoms with Crippen molar-refractivity contribution in [2.45, 2.75) is 25.9 Å². The maximum absolute atomic E-state index is 12.0. The van der Waals surface area contributed by atoms with Crippen LogP contribution in [0.1, 0.15) is 12.8 Å². The Morgan fingerprint density at radius 3 is 2.15 bits per heavy atom. The van der Waals surface area contributed by atoms with Crippen LogP contribution in [0.15, 0.2) is 21.9 Å². The average molecular weight is 284 g/mol. The van der Waals surface area contributed by atoms with Crippen LogP contribution in [-0.4, -0.2) is 35.3 Å². The SMILES string of the molecule is COC(=O)CCn1ccc(=O)n(CCC(=O)OC)c1=O. The first-order valence-electron chi connectivity index (χ1n) is 5.93. The lowest BCUT2D eigenvalue weighted by Gasteiger charge is -2.08. The Balaban J connectivity index is 2.90. The van der Waals surface area contributed by atoms with Crippen LogP contribution in [0.2, 0.25) is 0 Å². The summed E-state index contributed by atoms with van der Waals surface area (Å²) in [6, 6.07) is 1.20. The average Bonchev–Trinajstić information content (AvgIpc) is 2.45. The van der Waals surface area contributed by atoms with E-state index in [2.05, 4.69) is 9.47 Å². The van der Waals surface area contributed by atoms with Gasteiger partial charge in [0.1, 0.15) is 0 Å². The summed E-state index contributed by atoms with van der Waals surface area (Å²) in [6.07, 6.45) is 1.25. The number of hydrogen-bond donors (Lipinski definition) is 0. The monoisotopic (exact) mass is 284 g/mol. The summed E-state index contributed by atoms with van der Waals surface area (Å²) in [5.41, 5.74) is -1.08. The highest BCUT2D eigenvalue weighted by Crippen LogP contribution is 1.91. The van der Waals surface area contributed by atoms with E-state index in [0.717, 1.165) is 4.57 Å². The van der Waals surface area contributed by atoms with Crippen LogP contribution in [0.3, 0.4) is 0 Å². The Morgan fingerprint density at radius 1 is 1.05 bits per heavy atom. The first-order valence-corrected chi connectivity index (χ1v) is 5.93. The molecule has 1 aromatic rings. The lowest BCUT2D eigenvalue weighted by molar-refractivity contribution is -0.141. The molecular formula is C12H16N2O6. The van der Waals surface area contributed by atoms with Gasteiger partial charge < -0.3 is 9.47 Å². The summed E-state index contributed by atoms with van der Waals surface area (Å²) in [5, 5.41) is 0. The quantitative estimate of drug-likeness (QED) is 0.630. The summed E-state index contributed by atoms with van der Waals surface area (Å²) in [6.45, 7) is 0.0351. The molecule has 0 saturated heterocycles. The fourth-order valence-corrected chi connectivity index (χ4v) is 1.55. The number of esters is 2. The third-order valence-electron chi connectivity index (χ3n) is 2.69. The van der Waals surface area contributed by atoms with E-state index in [0.29, 0.717) is 0 Å². The molecule has 0 aromatic carbocycles. The van der Waals surface area contributed by atoms with E-state index in [4.69, 9.17) is 0 Å². The number of carbonyl (C=O) groups excluding carboxylic acids is 2. The molecule has 0 atom stereocenters. The minimum Gasteiger partial charge on any atom is -0.469 e. The van der Waals surface area contributed by atoms with E-state index in [1.807, 2.05) is 0 Å². The van der Waals surface area contributed by atoms with Gasteiger partial charge in [-0.05, 0) is 0 Å². The second-order valence-corrected chi connectivity index (χ2v) is 3.93. The normalized spacial score (nSPS) is 10.1. The van der Waals surface area contributed by atoms with Crippen molar-refractivity contribution >= 4 is 11.9 Å². The highest BCUT2D eigenvalue weighted by molar-refractivity contribution is 5.69. The third kappa shape index (κ3) is 4.08. The number of aryl methyl sites for hydroxylation is 1. The van der Waals surface area contributed by atoms with Crippen LogP contribution < -0.4 is 11.2 Å². The third-order valence-corrected chi connectivity index (χ3v) is 2.69. The number of hydrogen-bond acceptors (Lipinski definition) is 6. The van der Waals surface area contributed by atoms with E-state index in [-0.39, 0.29) is 25.9 Å². The van der Waals surface area contributed by atoms with Crippen molar-refractivity contribution in [1.82, 2.24) is 9.13 Å². The summed E-state index contributed by atoms with van der Waals surface area (Å²) in [7, 11) is 2.48. The molecule has 0 bridgehead atoms. The Labute approximate surface area is 114 Å². The predicted octanol–water partition coefficient (Wildman–Crippen LogP) is -0.864. The Bertz CT molecular complexity index is 601. The van der Waals surface area contributed by atoms with Crippen molar-refractivity contribution in [3.05, 3.63) is 33.1 Å². The van der Waals surface area contributed by atoms with Gasteiger partial charge in [0, 0.05) is 25.4 Å². The topological polar surface area (TPSA) is 96.6 Å². The van der Waals surface area contributed by atoms with Gasteiger partial charge in [0.05, 0.1) is 27.1 Å². The van der Waals surface area contributed by atoms with Gasteiger partial charge in [-0.15, -0.1) is 0 Å². The van der Waals surface area contributed by atoms with Gasteiger partial charge in [0.25, 0.3) is 5.56 Å². The minimum absolute atomic E-state index is 0.0195. The van der Waals surface area contributed by atoms with Gasteiger partial charge >= 0.3 is 17.6 Å². The number of carbonyl (C=O) groups is 2. The zero-order valence-electron chi connectivity index (χ0n) is 11.3. The summed E-state index contributed by atoms with van der Waals surface area (Å²) < 4.78 is 11.1. The summed E-state index contributed by atoms with van der Waals surface area (Å²) in [5.74, 6) is -0.967. The van der Waals surface area contributed by atoms with E-state index in [1.54, 1.807) is 0 Å². The van der Waals surface area contributed by atoms with Crippen molar-refractivity contribution in [1.29, 1.82) is 0 Å². The Hall–Kier alpha value is -2.38. The van der Waals surface area contributed by atoms with Crippen molar-refractivity contribution < 1.29 is 19.1 Å². The smallest absolute Gasteiger partial charge is 0.330 e. The van der Waals surface area contributed by atoms with Gasteiger partial charge in [0.15, 0.2) is 0 Å². The lowest BCUT2D eigenvalue weighted by Crippen LogP contribution is -2.39. The largest absolute Gasteiger partial charge is 0.469 e. The number of rotatable bonds is 6.